The number of rotatable bonds is 4. The van der Waals surface area contributed by atoms with Crippen molar-refractivity contribution in [2.45, 2.75) is 18.5 Å². The van der Waals surface area contributed by atoms with E-state index in [2.05, 4.69) is 4.98 Å². The fraction of sp³-hybridized carbons (Fsp3) is 0.136. The monoisotopic (exact) mass is 376 g/mol. The van der Waals surface area contributed by atoms with Crippen molar-refractivity contribution in [2.75, 3.05) is 0 Å². The molecule has 4 rings (SSSR count). The predicted molar refractivity (Wildman–Crippen MR) is 100 cm³/mol. The van der Waals surface area contributed by atoms with Crippen LogP contribution in [0.5, 0.6) is 0 Å². The van der Waals surface area contributed by atoms with Crippen molar-refractivity contribution in [2.24, 2.45) is 0 Å². The smallest absolute Gasteiger partial charge is 0.313 e. The maximum atomic E-state index is 13.3. The van der Waals surface area contributed by atoms with E-state index in [4.69, 9.17) is 0 Å². The highest BCUT2D eigenvalue weighted by Gasteiger charge is 2.44. The van der Waals surface area contributed by atoms with Gasteiger partial charge in [-0.25, -0.2) is 4.39 Å². The zero-order valence-corrected chi connectivity index (χ0v) is 14.8. The molecule has 1 amide bonds. The van der Waals surface area contributed by atoms with Crippen molar-refractivity contribution >= 4 is 11.9 Å². The van der Waals surface area contributed by atoms with E-state index in [1.165, 1.54) is 12.1 Å². The standard InChI is InChI=1S/C22H17FN2O3/c23-16-7-5-14(6-8-16)13-25-20(15-9-11-24-12-10-15)19(22(27)28)17-3-1-2-4-18(17)21(25)26/h1-12,19-20H,13H2,(H,27,28)/t19-,20+/m0/s1. The lowest BCUT2D eigenvalue weighted by Gasteiger charge is -2.40. The van der Waals surface area contributed by atoms with E-state index >= 15 is 0 Å². The first-order valence-corrected chi connectivity index (χ1v) is 8.83. The summed E-state index contributed by atoms with van der Waals surface area (Å²) in [4.78, 5) is 31.1. The molecule has 1 N–H and O–H groups in total. The van der Waals surface area contributed by atoms with E-state index in [1.54, 1.807) is 65.8 Å². The first-order chi connectivity index (χ1) is 13.6. The number of benzene rings is 2. The molecule has 2 heterocycles. The van der Waals surface area contributed by atoms with Gasteiger partial charge in [0.25, 0.3) is 5.91 Å². The number of amides is 1. The molecule has 1 aromatic heterocycles. The van der Waals surface area contributed by atoms with Gasteiger partial charge in [0.2, 0.25) is 0 Å². The fourth-order valence-corrected chi connectivity index (χ4v) is 3.75. The van der Waals surface area contributed by atoms with Crippen LogP contribution < -0.4 is 0 Å². The maximum Gasteiger partial charge on any atom is 0.313 e. The van der Waals surface area contributed by atoms with Gasteiger partial charge in [0.1, 0.15) is 11.7 Å². The van der Waals surface area contributed by atoms with Crippen LogP contribution >= 0.6 is 0 Å². The number of carboxylic acid groups (broad SMARTS) is 1. The molecule has 5 nitrogen and oxygen atoms in total. The topological polar surface area (TPSA) is 70.5 Å². The van der Waals surface area contributed by atoms with Gasteiger partial charge in [0.15, 0.2) is 0 Å². The average molecular weight is 376 g/mol. The molecule has 2 atom stereocenters. The largest absolute Gasteiger partial charge is 0.481 e. The number of carboxylic acids is 1. The Morgan fingerprint density at radius 2 is 1.71 bits per heavy atom. The Balaban J connectivity index is 1.86. The Bertz CT molecular complexity index is 1020. The third kappa shape index (κ3) is 3.13. The number of carbonyl (C=O) groups excluding carboxylic acids is 1. The molecular formula is C22H17FN2O3. The Morgan fingerprint density at radius 1 is 1.04 bits per heavy atom. The minimum absolute atomic E-state index is 0.171. The molecule has 0 unspecified atom stereocenters. The van der Waals surface area contributed by atoms with Crippen molar-refractivity contribution < 1.29 is 19.1 Å². The summed E-state index contributed by atoms with van der Waals surface area (Å²) in [5.41, 5.74) is 2.28. The van der Waals surface area contributed by atoms with E-state index in [-0.39, 0.29) is 18.3 Å². The molecule has 28 heavy (non-hydrogen) atoms. The van der Waals surface area contributed by atoms with Crippen molar-refractivity contribution in [1.29, 1.82) is 0 Å². The number of pyridine rings is 1. The molecule has 0 fully saturated rings. The zero-order chi connectivity index (χ0) is 19.7. The second-order valence-corrected chi connectivity index (χ2v) is 6.69. The number of nitrogens with zero attached hydrogens (tertiary/aromatic N) is 2. The molecule has 6 heteroatoms. The Morgan fingerprint density at radius 3 is 2.39 bits per heavy atom. The third-order valence-electron chi connectivity index (χ3n) is 5.02. The molecule has 0 aliphatic carbocycles. The number of hydrogen-bond donors (Lipinski definition) is 1. The Labute approximate surface area is 161 Å². The molecule has 0 spiro atoms. The minimum Gasteiger partial charge on any atom is -0.481 e. The van der Waals surface area contributed by atoms with Gasteiger partial charge in [-0.1, -0.05) is 30.3 Å². The molecule has 3 aromatic rings. The molecule has 1 aliphatic heterocycles. The van der Waals surface area contributed by atoms with Crippen molar-refractivity contribution in [1.82, 2.24) is 9.88 Å². The average Bonchev–Trinajstić information content (AvgIpc) is 2.71. The normalized spacial score (nSPS) is 18.6. The van der Waals surface area contributed by atoms with Gasteiger partial charge in [-0.15, -0.1) is 0 Å². The second kappa shape index (κ2) is 7.23. The van der Waals surface area contributed by atoms with E-state index in [0.717, 1.165) is 5.56 Å². The molecule has 2 aromatic carbocycles. The van der Waals surface area contributed by atoms with Crippen LogP contribution in [0.4, 0.5) is 4.39 Å². The van der Waals surface area contributed by atoms with Crippen LogP contribution in [0.15, 0.2) is 73.1 Å². The van der Waals surface area contributed by atoms with Crippen molar-refractivity contribution in [3.63, 3.8) is 0 Å². The van der Waals surface area contributed by atoms with Gasteiger partial charge >= 0.3 is 5.97 Å². The maximum absolute atomic E-state index is 13.3. The lowest BCUT2D eigenvalue weighted by Crippen LogP contribution is -2.44. The molecule has 0 saturated heterocycles. The second-order valence-electron chi connectivity index (χ2n) is 6.69. The van der Waals surface area contributed by atoms with E-state index in [0.29, 0.717) is 16.7 Å². The zero-order valence-electron chi connectivity index (χ0n) is 14.8. The SMILES string of the molecule is O=C(O)[C@H]1c2ccccc2C(=O)N(Cc2ccc(F)cc2)[C@@H]1c1ccncc1. The Kier molecular flexibility index (Phi) is 4.61. The number of hydrogen-bond acceptors (Lipinski definition) is 3. The first-order valence-electron chi connectivity index (χ1n) is 8.83. The lowest BCUT2D eigenvalue weighted by atomic mass is 9.80. The highest BCUT2D eigenvalue weighted by Crippen LogP contribution is 2.43. The van der Waals surface area contributed by atoms with Crippen molar-refractivity contribution in [3.8, 4) is 0 Å². The van der Waals surface area contributed by atoms with Crippen LogP contribution in [0.2, 0.25) is 0 Å². The van der Waals surface area contributed by atoms with Crippen LogP contribution in [0.25, 0.3) is 0 Å². The molecule has 0 saturated carbocycles. The highest BCUT2D eigenvalue weighted by molar-refractivity contribution is 6.00. The van der Waals surface area contributed by atoms with Gasteiger partial charge in [-0.2, -0.15) is 0 Å². The first kappa shape index (κ1) is 17.9. The van der Waals surface area contributed by atoms with Gasteiger partial charge in [0.05, 0.1) is 6.04 Å². The molecule has 140 valence electrons. The third-order valence-corrected chi connectivity index (χ3v) is 5.02. The quantitative estimate of drug-likeness (QED) is 0.752. The molecule has 0 radical (unpaired) electrons. The van der Waals surface area contributed by atoms with Crippen LogP contribution in [0.3, 0.4) is 0 Å². The minimum atomic E-state index is -1.01. The van der Waals surface area contributed by atoms with E-state index < -0.39 is 17.9 Å². The molecule has 1 aliphatic rings. The van der Waals surface area contributed by atoms with Crippen LogP contribution in [0, 0.1) is 5.82 Å². The summed E-state index contributed by atoms with van der Waals surface area (Å²) in [5.74, 6) is -2.55. The van der Waals surface area contributed by atoms with E-state index in [9.17, 15) is 19.1 Å². The van der Waals surface area contributed by atoms with Crippen molar-refractivity contribution in [3.05, 3.63) is 101 Å². The predicted octanol–water partition coefficient (Wildman–Crippen LogP) is 3.79. The lowest BCUT2D eigenvalue weighted by molar-refractivity contribution is -0.140. The molecule has 0 bridgehead atoms. The Hall–Kier alpha value is -3.54. The number of aliphatic carboxylic acids is 1. The number of carbonyl (C=O) groups is 2. The van der Waals surface area contributed by atoms with Crippen LogP contribution in [-0.2, 0) is 11.3 Å². The summed E-state index contributed by atoms with van der Waals surface area (Å²) in [7, 11) is 0. The van der Waals surface area contributed by atoms with Gasteiger partial charge in [-0.3, -0.25) is 14.6 Å². The summed E-state index contributed by atoms with van der Waals surface area (Å²) in [6.45, 7) is 0.171. The summed E-state index contributed by atoms with van der Waals surface area (Å²) in [6.07, 6.45) is 3.16. The summed E-state index contributed by atoms with van der Waals surface area (Å²) in [5, 5.41) is 10.0. The fourth-order valence-electron chi connectivity index (χ4n) is 3.75. The summed E-state index contributed by atoms with van der Waals surface area (Å²) in [6, 6.07) is 15.4. The molecular weight excluding hydrogens is 359 g/mol. The van der Waals surface area contributed by atoms with Crippen LogP contribution in [-0.4, -0.2) is 26.9 Å². The summed E-state index contributed by atoms with van der Waals surface area (Å²) >= 11 is 0. The number of fused-ring (bicyclic) bond motifs is 1. The number of halogens is 1. The number of aromatic nitrogens is 1. The highest BCUT2D eigenvalue weighted by atomic mass is 19.1. The van der Waals surface area contributed by atoms with E-state index in [1.807, 2.05) is 0 Å². The van der Waals surface area contributed by atoms with Crippen LogP contribution in [0.1, 0.15) is 39.0 Å². The van der Waals surface area contributed by atoms with Gasteiger partial charge in [0, 0.05) is 24.5 Å². The summed E-state index contributed by atoms with van der Waals surface area (Å²) < 4.78 is 13.3. The van der Waals surface area contributed by atoms with Gasteiger partial charge < -0.3 is 10.0 Å². The van der Waals surface area contributed by atoms with Gasteiger partial charge in [-0.05, 0) is 47.0 Å².